The number of rotatable bonds is 9. The number of halogens is 1. The first-order valence-electron chi connectivity index (χ1n) is 8.85. The molecular weight excluding hydrogens is 391 g/mol. The van der Waals surface area contributed by atoms with Crippen LogP contribution in [0.15, 0.2) is 70.4 Å². The first-order chi connectivity index (χ1) is 14.3. The van der Waals surface area contributed by atoms with Gasteiger partial charge in [0.15, 0.2) is 5.84 Å². The van der Waals surface area contributed by atoms with Crippen molar-refractivity contribution in [3.05, 3.63) is 71.8 Å². The maximum Gasteiger partial charge on any atom is 0.325 e. The average Bonchev–Trinajstić information content (AvgIpc) is 2.72. The molecule has 0 fully saturated rings. The molecule has 2 rings (SSSR count). The minimum atomic E-state index is -1.09. The summed E-state index contributed by atoms with van der Waals surface area (Å²) >= 11 is 0. The third-order valence-electron chi connectivity index (χ3n) is 3.77. The molecule has 156 valence electrons. The fourth-order valence-electron chi connectivity index (χ4n) is 2.23. The minimum Gasteiger partial charge on any atom is -0.480 e. The number of carboxylic acids is 1. The van der Waals surface area contributed by atoms with Crippen LogP contribution in [0.3, 0.4) is 0 Å². The van der Waals surface area contributed by atoms with Crippen LogP contribution >= 0.6 is 0 Å². The molecule has 0 spiro atoms. The first kappa shape index (κ1) is 22.3. The Balaban J connectivity index is 2.23. The van der Waals surface area contributed by atoms with Crippen LogP contribution in [0.2, 0.25) is 0 Å². The van der Waals surface area contributed by atoms with Crippen LogP contribution in [0.4, 0.5) is 4.39 Å². The van der Waals surface area contributed by atoms with Gasteiger partial charge >= 0.3 is 5.97 Å². The van der Waals surface area contributed by atoms with Crippen LogP contribution in [-0.2, 0) is 9.59 Å². The molecule has 1 atom stereocenters. The van der Waals surface area contributed by atoms with E-state index < -0.39 is 17.9 Å². The fraction of sp³-hybridized carbons (Fsp3) is 0.143. The van der Waals surface area contributed by atoms with Crippen molar-refractivity contribution in [2.75, 3.05) is 0 Å². The van der Waals surface area contributed by atoms with Gasteiger partial charge in [-0.2, -0.15) is 0 Å². The largest absolute Gasteiger partial charge is 0.480 e. The molecule has 8 nitrogen and oxygen atoms in total. The number of nitrogens with two attached hydrogens (primary N) is 1. The Kier molecular flexibility index (Phi) is 7.81. The monoisotopic (exact) mass is 412 g/mol. The average molecular weight is 412 g/mol. The minimum absolute atomic E-state index is 0.123. The smallest absolute Gasteiger partial charge is 0.325 e. The number of carbonyl (C=O) groups is 2. The second-order valence-electron chi connectivity index (χ2n) is 6.14. The van der Waals surface area contributed by atoms with Crippen molar-refractivity contribution in [2.24, 2.45) is 15.7 Å². The van der Waals surface area contributed by atoms with Crippen LogP contribution < -0.4 is 15.8 Å². The Hall–Kier alpha value is -4.01. The normalized spacial score (nSPS) is 12.7. The highest BCUT2D eigenvalue weighted by Crippen LogP contribution is 2.22. The fourth-order valence-corrected chi connectivity index (χ4v) is 2.23. The number of nitrogens with one attached hydrogen (secondary N) is 1. The molecule has 0 aromatic heterocycles. The number of carbonyl (C=O) groups excluding carboxylic acids is 1. The number of primary amides is 1. The van der Waals surface area contributed by atoms with Gasteiger partial charge in [-0.05, 0) is 68.2 Å². The highest BCUT2D eigenvalue weighted by atomic mass is 19.1. The van der Waals surface area contributed by atoms with E-state index in [0.29, 0.717) is 17.1 Å². The van der Waals surface area contributed by atoms with Crippen LogP contribution in [0.5, 0.6) is 11.5 Å². The number of aliphatic carboxylic acids is 1. The van der Waals surface area contributed by atoms with Crippen molar-refractivity contribution < 1.29 is 23.8 Å². The van der Waals surface area contributed by atoms with Gasteiger partial charge in [-0.1, -0.05) is 0 Å². The zero-order valence-corrected chi connectivity index (χ0v) is 16.2. The van der Waals surface area contributed by atoms with Crippen molar-refractivity contribution in [2.45, 2.75) is 19.4 Å². The third kappa shape index (κ3) is 6.86. The van der Waals surface area contributed by atoms with E-state index in [1.807, 2.05) is 0 Å². The van der Waals surface area contributed by atoms with Gasteiger partial charge in [0.05, 0.1) is 0 Å². The Morgan fingerprint density at radius 2 is 1.77 bits per heavy atom. The zero-order chi connectivity index (χ0) is 22.1. The Bertz CT molecular complexity index is 970. The number of amides is 1. The summed E-state index contributed by atoms with van der Waals surface area (Å²) in [5.74, 6) is -0.740. The van der Waals surface area contributed by atoms with Crippen molar-refractivity contribution in [1.82, 2.24) is 5.32 Å². The van der Waals surface area contributed by atoms with Gasteiger partial charge in [0, 0.05) is 12.0 Å². The standard InChI is InChI=1S/C21H21FN4O4/c1-13(21(28)29)25-19(12-11-18(23)27)26-20(24-2)14-3-7-16(8-4-14)30-17-9-5-15(22)6-10-17/h3-10,12-13,25H,2,11H2,1H3,(H2,23,27)(H,28,29)/b19-12-,26-20?/t13-/m0/s1. The molecule has 0 unspecified atom stereocenters. The summed E-state index contributed by atoms with van der Waals surface area (Å²) in [6, 6.07) is 11.3. The molecule has 0 aliphatic carbocycles. The summed E-state index contributed by atoms with van der Waals surface area (Å²) in [6.45, 7) is 4.92. The van der Waals surface area contributed by atoms with E-state index in [-0.39, 0.29) is 23.9 Å². The van der Waals surface area contributed by atoms with E-state index in [0.717, 1.165) is 0 Å². The van der Waals surface area contributed by atoms with Gasteiger partial charge in [0.2, 0.25) is 5.91 Å². The predicted octanol–water partition coefficient (Wildman–Crippen LogP) is 2.84. The van der Waals surface area contributed by atoms with Gasteiger partial charge in [-0.15, -0.1) is 0 Å². The topological polar surface area (TPSA) is 126 Å². The van der Waals surface area contributed by atoms with E-state index in [1.165, 1.54) is 37.3 Å². The summed E-state index contributed by atoms with van der Waals surface area (Å²) in [5, 5.41) is 11.8. The number of amidine groups is 1. The molecule has 30 heavy (non-hydrogen) atoms. The second-order valence-corrected chi connectivity index (χ2v) is 6.14. The van der Waals surface area contributed by atoms with E-state index >= 15 is 0 Å². The van der Waals surface area contributed by atoms with Gasteiger partial charge in [-0.25, -0.2) is 14.4 Å². The molecule has 0 saturated heterocycles. The predicted molar refractivity (Wildman–Crippen MR) is 111 cm³/mol. The van der Waals surface area contributed by atoms with E-state index in [4.69, 9.17) is 15.6 Å². The zero-order valence-electron chi connectivity index (χ0n) is 16.2. The molecular formula is C21H21FN4O4. The molecule has 1 amide bonds. The van der Waals surface area contributed by atoms with Gasteiger partial charge in [0.1, 0.15) is 29.2 Å². The number of carboxylic acid groups (broad SMARTS) is 1. The summed E-state index contributed by atoms with van der Waals surface area (Å²) in [4.78, 5) is 30.3. The summed E-state index contributed by atoms with van der Waals surface area (Å²) in [5.41, 5.74) is 5.72. The molecule has 0 aliphatic heterocycles. The lowest BCUT2D eigenvalue weighted by molar-refractivity contribution is -0.138. The lowest BCUT2D eigenvalue weighted by Gasteiger charge is -2.12. The number of hydrogen-bond donors (Lipinski definition) is 3. The van der Waals surface area contributed by atoms with Gasteiger partial charge < -0.3 is 20.9 Å². The SMILES string of the molecule is C=NC(=N/C(=C\CC(N)=O)N[C@@H](C)C(=O)O)c1ccc(Oc2ccc(F)cc2)cc1. The molecule has 0 heterocycles. The molecule has 0 aliphatic rings. The number of aliphatic imine (C=N–C) groups is 2. The van der Waals surface area contributed by atoms with Crippen molar-refractivity contribution in [3.63, 3.8) is 0 Å². The number of nitrogens with zero attached hydrogens (tertiary/aromatic N) is 2. The van der Waals surface area contributed by atoms with Gasteiger partial charge in [-0.3, -0.25) is 9.59 Å². The van der Waals surface area contributed by atoms with Crippen molar-refractivity contribution in [3.8, 4) is 11.5 Å². The Morgan fingerprint density at radius 3 is 2.27 bits per heavy atom. The summed E-state index contributed by atoms with van der Waals surface area (Å²) < 4.78 is 18.6. The quantitative estimate of drug-likeness (QED) is 0.431. The van der Waals surface area contributed by atoms with Crippen molar-refractivity contribution >= 4 is 24.4 Å². The number of benzene rings is 2. The highest BCUT2D eigenvalue weighted by molar-refractivity contribution is 6.02. The van der Waals surface area contributed by atoms with Crippen molar-refractivity contribution in [1.29, 1.82) is 0 Å². The van der Waals surface area contributed by atoms with Gasteiger partial charge in [0.25, 0.3) is 0 Å². The highest BCUT2D eigenvalue weighted by Gasteiger charge is 2.13. The maximum atomic E-state index is 13.0. The molecule has 0 saturated carbocycles. The van der Waals surface area contributed by atoms with E-state index in [2.05, 4.69) is 22.0 Å². The molecule has 0 radical (unpaired) electrons. The Labute approximate surface area is 172 Å². The third-order valence-corrected chi connectivity index (χ3v) is 3.77. The van der Waals surface area contributed by atoms with Crippen LogP contribution in [0.1, 0.15) is 18.9 Å². The van der Waals surface area contributed by atoms with Crippen LogP contribution in [0, 0.1) is 5.82 Å². The molecule has 2 aromatic rings. The number of hydrogen-bond acceptors (Lipinski definition) is 5. The lowest BCUT2D eigenvalue weighted by atomic mass is 10.2. The molecule has 2 aromatic carbocycles. The molecule has 9 heteroatoms. The summed E-state index contributed by atoms with van der Waals surface area (Å²) in [7, 11) is 0. The van der Waals surface area contributed by atoms with E-state index in [9.17, 15) is 14.0 Å². The molecule has 0 bridgehead atoms. The maximum absolute atomic E-state index is 13.0. The van der Waals surface area contributed by atoms with Crippen LogP contribution in [0.25, 0.3) is 0 Å². The number of ether oxygens (including phenoxy) is 1. The lowest BCUT2D eigenvalue weighted by Crippen LogP contribution is -2.33. The van der Waals surface area contributed by atoms with E-state index in [1.54, 1.807) is 24.3 Å². The molecule has 4 N–H and O–H groups in total. The first-order valence-corrected chi connectivity index (χ1v) is 8.85. The summed E-state index contributed by atoms with van der Waals surface area (Å²) in [6.07, 6.45) is 1.24. The van der Waals surface area contributed by atoms with Crippen LogP contribution in [-0.4, -0.2) is 35.6 Å². The second kappa shape index (κ2) is 10.5. The Morgan fingerprint density at radius 1 is 1.20 bits per heavy atom.